The summed E-state index contributed by atoms with van der Waals surface area (Å²) in [4.78, 5) is 2.74. The van der Waals surface area contributed by atoms with Crippen LogP contribution in [0.15, 0.2) is 36.4 Å². The molecule has 6 heteroatoms. The van der Waals surface area contributed by atoms with Gasteiger partial charge in [0.25, 0.3) is 0 Å². The van der Waals surface area contributed by atoms with Crippen molar-refractivity contribution in [3.05, 3.63) is 47.7 Å². The van der Waals surface area contributed by atoms with Gasteiger partial charge in [-0.1, -0.05) is 0 Å². The number of anilines is 2. The monoisotopic (exact) mass is 435 g/mol. The number of benzene rings is 2. The lowest BCUT2D eigenvalue weighted by atomic mass is 10.0. The van der Waals surface area contributed by atoms with Crippen molar-refractivity contribution in [3.8, 4) is 11.5 Å². The van der Waals surface area contributed by atoms with E-state index in [-0.39, 0.29) is 0 Å². The summed E-state index contributed by atoms with van der Waals surface area (Å²) in [5, 5.41) is 4.96. The predicted molar refractivity (Wildman–Crippen MR) is 128 cm³/mol. The summed E-state index contributed by atoms with van der Waals surface area (Å²) in [7, 11) is 2.22. The largest absolute Gasteiger partial charge is 0.486 e. The third-order valence-electron chi connectivity index (χ3n) is 6.97. The van der Waals surface area contributed by atoms with Crippen molar-refractivity contribution in [2.45, 2.75) is 31.8 Å². The molecule has 162 valence electrons. The first-order valence-corrected chi connectivity index (χ1v) is 12.5. The number of hydrogen-bond acceptors (Lipinski definition) is 5. The number of aryl methyl sites for hydroxylation is 1. The van der Waals surface area contributed by atoms with Crippen molar-refractivity contribution in [2.75, 3.05) is 36.6 Å². The Kier molecular flexibility index (Phi) is 4.99. The Morgan fingerprint density at radius 3 is 2.61 bits per heavy atom. The normalized spacial score (nSPS) is 19.4. The second-order valence-corrected chi connectivity index (χ2v) is 9.99. The van der Waals surface area contributed by atoms with Crippen LogP contribution in [0.2, 0.25) is 0 Å². The summed E-state index contributed by atoms with van der Waals surface area (Å²) in [6.45, 7) is 3.49. The Hall–Kier alpha value is -2.31. The smallest absolute Gasteiger partial charge is 0.163 e. The number of nitrogens with zero attached hydrogens (tertiary/aromatic N) is 2. The molecule has 0 amide bonds. The van der Waals surface area contributed by atoms with Gasteiger partial charge in [0.1, 0.15) is 13.2 Å². The number of aromatic nitrogens is 1. The van der Waals surface area contributed by atoms with Gasteiger partial charge in [0.05, 0.1) is 0 Å². The molecule has 0 unspecified atom stereocenters. The standard InChI is InChI=1S/C25H29N3O2S/c1-27-22-4-2-17(26-18-3-5-24-25(15-18)30-11-10-29-24)14-20(22)21-16-28(9-6-23(21)27)19-7-12-31-13-8-19/h2-5,14-15,19,26H,6-13,16H2,1H3. The molecular weight excluding hydrogens is 406 g/mol. The maximum absolute atomic E-state index is 5.74. The lowest BCUT2D eigenvalue weighted by Crippen LogP contribution is -2.41. The van der Waals surface area contributed by atoms with Crippen LogP contribution in [-0.2, 0) is 20.0 Å². The fourth-order valence-electron chi connectivity index (χ4n) is 5.33. The van der Waals surface area contributed by atoms with Crippen LogP contribution < -0.4 is 14.8 Å². The van der Waals surface area contributed by atoms with Crippen LogP contribution in [0.1, 0.15) is 24.1 Å². The molecule has 0 aliphatic carbocycles. The van der Waals surface area contributed by atoms with E-state index in [1.54, 1.807) is 0 Å². The number of rotatable bonds is 3. The van der Waals surface area contributed by atoms with E-state index in [0.717, 1.165) is 41.9 Å². The molecule has 5 nitrogen and oxygen atoms in total. The number of ether oxygens (including phenoxy) is 2. The van der Waals surface area contributed by atoms with E-state index in [0.29, 0.717) is 13.2 Å². The van der Waals surface area contributed by atoms with Gasteiger partial charge in [-0.25, -0.2) is 0 Å². The second kappa shape index (κ2) is 7.99. The first kappa shape index (κ1) is 19.4. The fraction of sp³-hybridized carbons (Fsp3) is 0.440. The fourth-order valence-corrected chi connectivity index (χ4v) is 6.41. The van der Waals surface area contributed by atoms with Crippen LogP contribution in [0, 0.1) is 0 Å². The zero-order chi connectivity index (χ0) is 20.8. The molecule has 0 saturated carbocycles. The molecular formula is C25H29N3O2S. The molecule has 1 N–H and O–H groups in total. The van der Waals surface area contributed by atoms with E-state index in [9.17, 15) is 0 Å². The lowest BCUT2D eigenvalue weighted by molar-refractivity contribution is 0.168. The minimum Gasteiger partial charge on any atom is -0.486 e. The van der Waals surface area contributed by atoms with Gasteiger partial charge >= 0.3 is 0 Å². The highest BCUT2D eigenvalue weighted by atomic mass is 32.2. The summed E-state index contributed by atoms with van der Waals surface area (Å²) in [5.41, 5.74) is 6.50. The average Bonchev–Trinajstić information content (AvgIpc) is 3.10. The summed E-state index contributed by atoms with van der Waals surface area (Å²) >= 11 is 2.11. The molecule has 0 atom stereocenters. The molecule has 0 spiro atoms. The highest BCUT2D eigenvalue weighted by Crippen LogP contribution is 2.37. The Morgan fingerprint density at radius 2 is 1.74 bits per heavy atom. The van der Waals surface area contributed by atoms with Gasteiger partial charge in [-0.15, -0.1) is 0 Å². The third kappa shape index (κ3) is 3.56. The highest BCUT2D eigenvalue weighted by molar-refractivity contribution is 7.99. The molecule has 0 radical (unpaired) electrons. The summed E-state index contributed by atoms with van der Waals surface area (Å²) in [6.07, 6.45) is 3.82. The summed E-state index contributed by atoms with van der Waals surface area (Å²) < 4.78 is 13.8. The van der Waals surface area contributed by atoms with Crippen molar-refractivity contribution in [3.63, 3.8) is 0 Å². The Bertz CT molecular complexity index is 1120. The zero-order valence-corrected chi connectivity index (χ0v) is 18.8. The van der Waals surface area contributed by atoms with E-state index in [2.05, 4.69) is 57.9 Å². The molecule has 31 heavy (non-hydrogen) atoms. The van der Waals surface area contributed by atoms with Crippen LogP contribution in [0.4, 0.5) is 11.4 Å². The molecule has 1 fully saturated rings. The maximum atomic E-state index is 5.74. The SMILES string of the molecule is Cn1c2c(c3cc(Nc4ccc5c(c4)OCCO5)ccc31)CN(C1CCSCC1)CC2. The van der Waals surface area contributed by atoms with Crippen molar-refractivity contribution in [1.29, 1.82) is 0 Å². The first-order valence-electron chi connectivity index (χ1n) is 11.3. The second-order valence-electron chi connectivity index (χ2n) is 8.76. The minimum atomic E-state index is 0.606. The highest BCUT2D eigenvalue weighted by Gasteiger charge is 2.28. The van der Waals surface area contributed by atoms with E-state index in [1.807, 2.05) is 12.1 Å². The Morgan fingerprint density at radius 1 is 0.968 bits per heavy atom. The van der Waals surface area contributed by atoms with Crippen LogP contribution >= 0.6 is 11.8 Å². The Labute approximate surface area is 187 Å². The lowest BCUT2D eigenvalue weighted by Gasteiger charge is -2.37. The van der Waals surface area contributed by atoms with Gasteiger partial charge in [0.2, 0.25) is 0 Å². The number of thioether (sulfide) groups is 1. The molecule has 6 rings (SSSR count). The molecule has 3 aliphatic heterocycles. The molecule has 0 bridgehead atoms. The van der Waals surface area contributed by atoms with Crippen molar-refractivity contribution in [2.24, 2.45) is 7.05 Å². The number of hydrogen-bond donors (Lipinski definition) is 1. The van der Waals surface area contributed by atoms with Crippen LogP contribution in [-0.4, -0.2) is 46.8 Å². The Balaban J connectivity index is 1.30. The maximum Gasteiger partial charge on any atom is 0.163 e. The van der Waals surface area contributed by atoms with E-state index >= 15 is 0 Å². The van der Waals surface area contributed by atoms with Crippen molar-refractivity contribution >= 4 is 34.0 Å². The number of fused-ring (bicyclic) bond motifs is 4. The third-order valence-corrected chi connectivity index (χ3v) is 8.02. The van der Waals surface area contributed by atoms with E-state index in [4.69, 9.17) is 9.47 Å². The van der Waals surface area contributed by atoms with E-state index in [1.165, 1.54) is 53.1 Å². The van der Waals surface area contributed by atoms with Crippen LogP contribution in [0.5, 0.6) is 11.5 Å². The molecule has 2 aromatic carbocycles. The first-order chi connectivity index (χ1) is 15.3. The van der Waals surface area contributed by atoms with Crippen molar-refractivity contribution < 1.29 is 9.47 Å². The van der Waals surface area contributed by atoms with Crippen molar-refractivity contribution in [1.82, 2.24) is 9.47 Å². The average molecular weight is 436 g/mol. The van der Waals surface area contributed by atoms with Gasteiger partial charge in [-0.3, -0.25) is 4.90 Å². The van der Waals surface area contributed by atoms with E-state index < -0.39 is 0 Å². The molecule has 1 saturated heterocycles. The van der Waals surface area contributed by atoms with Crippen LogP contribution in [0.25, 0.3) is 10.9 Å². The summed E-state index contributed by atoms with van der Waals surface area (Å²) in [6, 6.07) is 13.6. The zero-order valence-electron chi connectivity index (χ0n) is 18.0. The number of nitrogens with one attached hydrogen (secondary N) is 1. The van der Waals surface area contributed by atoms with Gasteiger partial charge in [-0.2, -0.15) is 11.8 Å². The summed E-state index contributed by atoms with van der Waals surface area (Å²) in [5.74, 6) is 4.27. The molecule has 3 aliphatic rings. The predicted octanol–water partition coefficient (Wildman–Crippen LogP) is 4.95. The quantitative estimate of drug-likeness (QED) is 0.630. The van der Waals surface area contributed by atoms with Crippen LogP contribution in [0.3, 0.4) is 0 Å². The van der Waals surface area contributed by atoms with Gasteiger partial charge in [0, 0.05) is 66.6 Å². The topological polar surface area (TPSA) is 38.7 Å². The molecule has 3 aromatic rings. The van der Waals surface area contributed by atoms with Gasteiger partial charge in [0.15, 0.2) is 11.5 Å². The van der Waals surface area contributed by atoms with Gasteiger partial charge in [-0.05, 0) is 60.2 Å². The molecule has 4 heterocycles. The van der Waals surface area contributed by atoms with Gasteiger partial charge < -0.3 is 19.4 Å². The molecule has 1 aromatic heterocycles. The minimum absolute atomic E-state index is 0.606.